The van der Waals surface area contributed by atoms with E-state index in [4.69, 9.17) is 14.8 Å². The first-order valence-electron chi connectivity index (χ1n) is 12.1. The Balaban J connectivity index is 1.50. The zero-order chi connectivity index (χ0) is 26.7. The van der Waals surface area contributed by atoms with E-state index in [0.29, 0.717) is 28.4 Å². The predicted molar refractivity (Wildman–Crippen MR) is 136 cm³/mol. The minimum Gasteiger partial charge on any atom is -0.482 e. The molecule has 1 aliphatic heterocycles. The van der Waals surface area contributed by atoms with E-state index in [9.17, 15) is 18.0 Å². The Labute approximate surface area is 217 Å². The van der Waals surface area contributed by atoms with Crippen molar-refractivity contribution in [2.45, 2.75) is 46.1 Å². The number of hydrogen-bond donors (Lipinski definition) is 1. The van der Waals surface area contributed by atoms with Crippen molar-refractivity contribution in [3.05, 3.63) is 47.5 Å². The molecule has 1 saturated heterocycles. The molecule has 7 nitrogen and oxygen atoms in total. The first-order valence-corrected chi connectivity index (χ1v) is 12.9. The number of aromatic nitrogens is 1. The number of alkyl halides is 3. The molecule has 4 rings (SSSR count). The summed E-state index contributed by atoms with van der Waals surface area (Å²) in [6, 6.07) is 10.2. The summed E-state index contributed by atoms with van der Waals surface area (Å²) in [7, 11) is 0. The summed E-state index contributed by atoms with van der Waals surface area (Å²) in [5.74, 6) is -0.278. The molecule has 0 unspecified atom stereocenters. The van der Waals surface area contributed by atoms with Crippen LogP contribution in [0.25, 0.3) is 10.2 Å². The van der Waals surface area contributed by atoms with Crippen molar-refractivity contribution in [1.82, 2.24) is 9.88 Å². The maximum atomic E-state index is 12.6. The molecule has 0 saturated carbocycles. The highest BCUT2D eigenvalue weighted by molar-refractivity contribution is 7.22. The molecule has 0 radical (unpaired) electrons. The second-order valence-corrected chi connectivity index (χ2v) is 10.7. The van der Waals surface area contributed by atoms with Gasteiger partial charge in [0.2, 0.25) is 0 Å². The van der Waals surface area contributed by atoms with Crippen LogP contribution in [0.15, 0.2) is 36.4 Å². The van der Waals surface area contributed by atoms with Crippen molar-refractivity contribution in [3.8, 4) is 11.5 Å². The zero-order valence-corrected chi connectivity index (χ0v) is 21.7. The summed E-state index contributed by atoms with van der Waals surface area (Å²) in [6.07, 6.45) is -3.80. The maximum absolute atomic E-state index is 12.6. The fourth-order valence-corrected chi connectivity index (χ4v) is 5.77. The Bertz CT molecular complexity index is 1250. The molecule has 1 fully saturated rings. The molecule has 3 aromatic rings. The highest BCUT2D eigenvalue weighted by Crippen LogP contribution is 2.35. The number of aryl methyl sites for hydroxylation is 1. The van der Waals surface area contributed by atoms with Crippen molar-refractivity contribution in [1.29, 1.82) is 0 Å². The first kappa shape index (κ1) is 27.0. The molecule has 2 heterocycles. The molecule has 0 spiro atoms. The molecule has 0 bridgehead atoms. The van der Waals surface area contributed by atoms with Crippen LogP contribution >= 0.6 is 11.3 Å². The second-order valence-electron chi connectivity index (χ2n) is 9.72. The standard InChI is InChI=1S/C26H30F3N3O4S/c1-16(2)8-19-14-31(13-18-9-17(3)10-21(11-18)35-15-24(33)34)6-7-32(19)25-30-22-5-4-20(12-23(22)37-25)36-26(27,28)29/h4-5,9-12,16,19H,6-8,13-15H2,1-3H3,(H,33,34)/t19-/m1/s1. The third-order valence-electron chi connectivity index (χ3n) is 6.02. The molecule has 200 valence electrons. The number of anilines is 1. The number of ether oxygens (including phenoxy) is 2. The van der Waals surface area contributed by atoms with E-state index in [0.717, 1.165) is 42.3 Å². The van der Waals surface area contributed by atoms with E-state index in [-0.39, 0.29) is 18.4 Å². The van der Waals surface area contributed by atoms with E-state index in [2.05, 4.69) is 34.5 Å². The summed E-state index contributed by atoms with van der Waals surface area (Å²) in [6.45, 7) is 8.93. The highest BCUT2D eigenvalue weighted by Gasteiger charge is 2.32. The van der Waals surface area contributed by atoms with Crippen molar-refractivity contribution in [2.75, 3.05) is 31.1 Å². The minimum atomic E-state index is -4.74. The first-order chi connectivity index (χ1) is 17.4. The lowest BCUT2D eigenvalue weighted by Crippen LogP contribution is -2.53. The number of carbonyl (C=O) groups is 1. The maximum Gasteiger partial charge on any atom is 0.573 e. The van der Waals surface area contributed by atoms with Crippen LogP contribution < -0.4 is 14.4 Å². The Morgan fingerprint density at radius 1 is 1.19 bits per heavy atom. The minimum absolute atomic E-state index is 0.188. The molecular formula is C26H30F3N3O4S. The van der Waals surface area contributed by atoms with Crippen LogP contribution in [0, 0.1) is 12.8 Å². The number of hydrogen-bond acceptors (Lipinski definition) is 7. The fourth-order valence-electron chi connectivity index (χ4n) is 4.68. The SMILES string of the molecule is Cc1cc(CN2CCN(c3nc4ccc(OC(F)(F)F)cc4s3)[C@H](CC(C)C)C2)cc(OCC(=O)O)c1. The van der Waals surface area contributed by atoms with Crippen LogP contribution in [0.4, 0.5) is 18.3 Å². The molecule has 37 heavy (non-hydrogen) atoms. The van der Waals surface area contributed by atoms with Crippen LogP contribution in [0.1, 0.15) is 31.4 Å². The van der Waals surface area contributed by atoms with Gasteiger partial charge in [0.1, 0.15) is 11.5 Å². The molecule has 2 aromatic carbocycles. The molecule has 0 amide bonds. The van der Waals surface area contributed by atoms with Gasteiger partial charge in [-0.25, -0.2) is 9.78 Å². The van der Waals surface area contributed by atoms with Crippen LogP contribution in [-0.4, -0.2) is 59.6 Å². The van der Waals surface area contributed by atoms with E-state index in [1.54, 1.807) is 6.07 Å². The number of fused-ring (bicyclic) bond motifs is 1. The number of nitrogens with zero attached hydrogens (tertiary/aromatic N) is 3. The lowest BCUT2D eigenvalue weighted by Gasteiger charge is -2.42. The number of thiazole rings is 1. The van der Waals surface area contributed by atoms with Gasteiger partial charge in [0.25, 0.3) is 0 Å². The number of piperazine rings is 1. The van der Waals surface area contributed by atoms with Gasteiger partial charge in [-0.1, -0.05) is 31.3 Å². The molecule has 1 N–H and O–H groups in total. The summed E-state index contributed by atoms with van der Waals surface area (Å²) < 4.78 is 48.0. The van der Waals surface area contributed by atoms with E-state index in [1.165, 1.54) is 23.5 Å². The largest absolute Gasteiger partial charge is 0.573 e. The number of benzene rings is 2. The highest BCUT2D eigenvalue weighted by atomic mass is 32.1. The van der Waals surface area contributed by atoms with Gasteiger partial charge < -0.3 is 19.5 Å². The number of carboxylic acid groups (broad SMARTS) is 1. The summed E-state index contributed by atoms with van der Waals surface area (Å²) in [5, 5.41) is 9.70. The van der Waals surface area contributed by atoms with Crippen LogP contribution in [0.3, 0.4) is 0 Å². The van der Waals surface area contributed by atoms with Gasteiger partial charge in [0, 0.05) is 38.3 Å². The normalized spacial score (nSPS) is 16.9. The van der Waals surface area contributed by atoms with Gasteiger partial charge in [0.05, 0.1) is 10.2 Å². The monoisotopic (exact) mass is 537 g/mol. The van der Waals surface area contributed by atoms with Gasteiger partial charge in [-0.3, -0.25) is 4.90 Å². The quantitative estimate of drug-likeness (QED) is 0.375. The smallest absolute Gasteiger partial charge is 0.482 e. The number of carboxylic acids is 1. The third-order valence-corrected chi connectivity index (χ3v) is 7.07. The van der Waals surface area contributed by atoms with Gasteiger partial charge in [-0.15, -0.1) is 13.2 Å². The van der Waals surface area contributed by atoms with Gasteiger partial charge >= 0.3 is 12.3 Å². The van der Waals surface area contributed by atoms with Gasteiger partial charge in [-0.2, -0.15) is 0 Å². The van der Waals surface area contributed by atoms with Gasteiger partial charge in [-0.05, 0) is 54.7 Å². The van der Waals surface area contributed by atoms with E-state index >= 15 is 0 Å². The molecule has 1 aliphatic rings. The molecular weight excluding hydrogens is 507 g/mol. The zero-order valence-electron chi connectivity index (χ0n) is 20.9. The third kappa shape index (κ3) is 7.48. The Hall–Kier alpha value is -3.05. The lowest BCUT2D eigenvalue weighted by molar-refractivity contribution is -0.274. The summed E-state index contributed by atoms with van der Waals surface area (Å²) in [4.78, 5) is 20.2. The molecule has 1 aromatic heterocycles. The van der Waals surface area contributed by atoms with Crippen molar-refractivity contribution < 1.29 is 32.5 Å². The Kier molecular flexibility index (Phi) is 8.13. The Morgan fingerprint density at radius 3 is 2.68 bits per heavy atom. The average molecular weight is 538 g/mol. The fraction of sp³-hybridized carbons (Fsp3) is 0.462. The van der Waals surface area contributed by atoms with Crippen LogP contribution in [0.2, 0.25) is 0 Å². The van der Waals surface area contributed by atoms with Crippen LogP contribution in [0.5, 0.6) is 11.5 Å². The van der Waals surface area contributed by atoms with E-state index in [1.807, 2.05) is 19.1 Å². The van der Waals surface area contributed by atoms with E-state index < -0.39 is 12.3 Å². The average Bonchev–Trinajstić information content (AvgIpc) is 3.19. The molecule has 1 atom stereocenters. The lowest BCUT2D eigenvalue weighted by atomic mass is 10.00. The Morgan fingerprint density at radius 2 is 1.97 bits per heavy atom. The summed E-state index contributed by atoms with van der Waals surface area (Å²) >= 11 is 1.38. The van der Waals surface area contributed by atoms with Crippen molar-refractivity contribution in [3.63, 3.8) is 0 Å². The topological polar surface area (TPSA) is 75.1 Å². The number of aliphatic carboxylic acids is 1. The summed E-state index contributed by atoms with van der Waals surface area (Å²) in [5.41, 5.74) is 2.70. The van der Waals surface area contributed by atoms with Crippen molar-refractivity contribution in [2.24, 2.45) is 5.92 Å². The molecule has 11 heteroatoms. The number of rotatable bonds is 9. The second kappa shape index (κ2) is 11.1. The van der Waals surface area contributed by atoms with Crippen molar-refractivity contribution >= 4 is 32.7 Å². The number of halogens is 3. The van der Waals surface area contributed by atoms with Gasteiger partial charge in [0.15, 0.2) is 11.7 Å². The van der Waals surface area contributed by atoms with Crippen LogP contribution in [-0.2, 0) is 11.3 Å². The molecule has 0 aliphatic carbocycles. The predicted octanol–water partition coefficient (Wildman–Crippen LogP) is 5.70.